The van der Waals surface area contributed by atoms with Crippen LogP contribution in [0.2, 0.25) is 0 Å². The molecule has 1 aliphatic rings. The second-order valence-corrected chi connectivity index (χ2v) is 6.90. The van der Waals surface area contributed by atoms with Gasteiger partial charge in [0.15, 0.2) is 0 Å². The molecule has 0 N–H and O–H groups in total. The van der Waals surface area contributed by atoms with Crippen LogP contribution in [0.25, 0.3) is 10.9 Å². The summed E-state index contributed by atoms with van der Waals surface area (Å²) >= 11 is 0. The third-order valence-corrected chi connectivity index (χ3v) is 4.35. The van der Waals surface area contributed by atoms with E-state index in [1.807, 2.05) is 22.8 Å². The molecule has 25 heavy (non-hydrogen) atoms. The number of fused-ring (bicyclic) bond motifs is 1. The normalized spacial score (nSPS) is 15.3. The van der Waals surface area contributed by atoms with Gasteiger partial charge in [-0.05, 0) is 25.0 Å². The minimum absolute atomic E-state index is 0.0316. The van der Waals surface area contributed by atoms with Gasteiger partial charge in [0.1, 0.15) is 0 Å². The lowest BCUT2D eigenvalue weighted by atomic mass is 10.1. The molecule has 1 aromatic heterocycles. The van der Waals surface area contributed by atoms with Crippen LogP contribution >= 0.6 is 0 Å². The van der Waals surface area contributed by atoms with E-state index >= 15 is 0 Å². The van der Waals surface area contributed by atoms with Gasteiger partial charge >= 0.3 is 0 Å². The van der Waals surface area contributed by atoms with Gasteiger partial charge in [0.2, 0.25) is 5.91 Å². The fourth-order valence-corrected chi connectivity index (χ4v) is 3.25. The van der Waals surface area contributed by atoms with Gasteiger partial charge in [-0.25, -0.2) is 0 Å². The number of aromatic nitrogens is 1. The predicted octanol–water partition coefficient (Wildman–Crippen LogP) is 2.76. The number of rotatable bonds is 4. The topological polar surface area (TPSA) is 79.6 Å². The number of pyridine rings is 1. The number of non-ortho nitro benzene ring substituents is 1. The van der Waals surface area contributed by atoms with E-state index < -0.39 is 4.92 Å². The monoisotopic (exact) mass is 342 g/mol. The summed E-state index contributed by atoms with van der Waals surface area (Å²) in [4.78, 5) is 31.5. The van der Waals surface area contributed by atoms with E-state index in [4.69, 9.17) is 0 Å². The predicted molar refractivity (Wildman–Crippen MR) is 96.8 cm³/mol. The second-order valence-electron chi connectivity index (χ2n) is 6.90. The number of nitrogens with zero attached hydrogens (tertiary/aromatic N) is 4. The van der Waals surface area contributed by atoms with Crippen LogP contribution < -0.4 is 4.90 Å². The summed E-state index contributed by atoms with van der Waals surface area (Å²) < 4.78 is 0. The molecule has 0 aliphatic carbocycles. The summed E-state index contributed by atoms with van der Waals surface area (Å²) in [5.74, 6) is 0.523. The van der Waals surface area contributed by atoms with Gasteiger partial charge in [0, 0.05) is 48.5 Å². The maximum atomic E-state index is 12.5. The molecule has 1 amide bonds. The number of amides is 1. The van der Waals surface area contributed by atoms with Crippen molar-refractivity contribution in [3.63, 3.8) is 0 Å². The Bertz CT molecular complexity index is 834. The average molecular weight is 342 g/mol. The molecule has 1 saturated heterocycles. The van der Waals surface area contributed by atoms with Gasteiger partial charge < -0.3 is 9.80 Å². The summed E-state index contributed by atoms with van der Waals surface area (Å²) in [6.45, 7) is 8.50. The first-order chi connectivity index (χ1) is 11.8. The first kappa shape index (κ1) is 17.1. The van der Waals surface area contributed by atoms with Crippen molar-refractivity contribution < 1.29 is 9.72 Å². The quantitative estimate of drug-likeness (QED) is 0.630. The Morgan fingerprint density at radius 3 is 2.68 bits per heavy atom. The van der Waals surface area contributed by atoms with Crippen molar-refractivity contribution in [2.24, 2.45) is 5.92 Å². The zero-order chi connectivity index (χ0) is 18.1. The summed E-state index contributed by atoms with van der Waals surface area (Å²) in [6, 6.07) is 6.57. The smallest absolute Gasteiger partial charge is 0.270 e. The highest BCUT2D eigenvalue weighted by Crippen LogP contribution is 2.30. The maximum Gasteiger partial charge on any atom is 0.270 e. The lowest BCUT2D eigenvalue weighted by molar-refractivity contribution is -0.384. The Morgan fingerprint density at radius 1 is 1.28 bits per heavy atom. The lowest BCUT2D eigenvalue weighted by Gasteiger charge is -2.37. The Hall–Kier alpha value is -2.70. The van der Waals surface area contributed by atoms with E-state index in [9.17, 15) is 14.9 Å². The van der Waals surface area contributed by atoms with Crippen molar-refractivity contribution in [2.75, 3.05) is 31.1 Å². The molecule has 2 aromatic rings. The fourth-order valence-electron chi connectivity index (χ4n) is 3.25. The third-order valence-electron chi connectivity index (χ3n) is 4.35. The number of hydrogen-bond donors (Lipinski definition) is 0. The second kappa shape index (κ2) is 6.66. The number of piperazine rings is 1. The number of carbonyl (C=O) groups is 1. The molecule has 132 valence electrons. The molecule has 2 heterocycles. The maximum absolute atomic E-state index is 12.5. The molecule has 0 saturated carbocycles. The van der Waals surface area contributed by atoms with Crippen molar-refractivity contribution in [2.45, 2.75) is 20.8 Å². The molecule has 3 rings (SSSR count). The summed E-state index contributed by atoms with van der Waals surface area (Å²) in [6.07, 6.45) is 0. The van der Waals surface area contributed by atoms with Crippen LogP contribution in [0.15, 0.2) is 24.3 Å². The highest BCUT2D eigenvalue weighted by molar-refractivity contribution is 5.95. The zero-order valence-electron chi connectivity index (χ0n) is 14.7. The first-order valence-electron chi connectivity index (χ1n) is 8.43. The minimum atomic E-state index is -0.408. The molecule has 1 fully saturated rings. The highest BCUT2D eigenvalue weighted by Gasteiger charge is 2.26. The minimum Gasteiger partial charge on any atom is -0.360 e. The lowest BCUT2D eigenvalue weighted by Crippen LogP contribution is -2.51. The molecule has 7 heteroatoms. The van der Waals surface area contributed by atoms with E-state index in [1.165, 1.54) is 6.07 Å². The van der Waals surface area contributed by atoms with Crippen molar-refractivity contribution in [3.05, 3.63) is 40.1 Å². The summed E-state index contributed by atoms with van der Waals surface area (Å²) in [5.41, 5.74) is 2.40. The molecule has 7 nitrogen and oxygen atoms in total. The van der Waals surface area contributed by atoms with Crippen LogP contribution in [0.5, 0.6) is 0 Å². The van der Waals surface area contributed by atoms with Crippen LogP contribution in [0.1, 0.15) is 19.5 Å². The van der Waals surface area contributed by atoms with Gasteiger partial charge in [-0.2, -0.15) is 0 Å². The molecular weight excluding hydrogens is 320 g/mol. The number of aryl methyl sites for hydroxylation is 1. The number of hydrogen-bond acceptors (Lipinski definition) is 5. The fraction of sp³-hybridized carbons (Fsp3) is 0.444. The van der Waals surface area contributed by atoms with Crippen LogP contribution in [-0.4, -0.2) is 46.9 Å². The molecule has 0 bridgehead atoms. The van der Waals surface area contributed by atoms with Gasteiger partial charge in [0.25, 0.3) is 5.69 Å². The molecule has 0 unspecified atom stereocenters. The Balaban J connectivity index is 1.96. The third kappa shape index (κ3) is 3.55. The molecular formula is C18H22N4O3. The number of nitro groups is 1. The molecule has 1 aliphatic heterocycles. The van der Waals surface area contributed by atoms with Crippen LogP contribution in [0.4, 0.5) is 11.4 Å². The van der Waals surface area contributed by atoms with Crippen LogP contribution in [0.3, 0.4) is 0 Å². The Kier molecular flexibility index (Phi) is 4.57. The van der Waals surface area contributed by atoms with Gasteiger partial charge in [0.05, 0.1) is 17.0 Å². The number of benzene rings is 1. The molecule has 1 aromatic carbocycles. The van der Waals surface area contributed by atoms with Gasteiger partial charge in [-0.1, -0.05) is 13.8 Å². The number of nitro benzene ring substituents is 1. The standard InChI is InChI=1S/C18H22N4O3/c1-12(2)10-21-7-6-20(11-18(21)23)17-8-13(3)19-16-5-4-14(22(24)25)9-15(16)17/h4-5,8-9,12H,6-7,10-11H2,1-3H3. The largest absolute Gasteiger partial charge is 0.360 e. The summed E-state index contributed by atoms with van der Waals surface area (Å²) in [5, 5.41) is 11.8. The van der Waals surface area contributed by atoms with Crippen molar-refractivity contribution in [1.29, 1.82) is 0 Å². The highest BCUT2D eigenvalue weighted by atomic mass is 16.6. The van der Waals surface area contributed by atoms with Crippen molar-refractivity contribution in [3.8, 4) is 0 Å². The molecule has 0 radical (unpaired) electrons. The SMILES string of the molecule is Cc1cc(N2CCN(CC(C)C)C(=O)C2)c2cc([N+](=O)[O-])ccc2n1. The molecule has 0 spiro atoms. The van der Waals surface area contributed by atoms with E-state index in [0.29, 0.717) is 29.9 Å². The van der Waals surface area contributed by atoms with E-state index in [-0.39, 0.29) is 18.1 Å². The Labute approximate surface area is 146 Å². The van der Waals surface area contributed by atoms with E-state index in [2.05, 4.69) is 18.8 Å². The van der Waals surface area contributed by atoms with E-state index in [1.54, 1.807) is 12.1 Å². The van der Waals surface area contributed by atoms with E-state index in [0.717, 1.165) is 17.9 Å². The molecule has 0 atom stereocenters. The van der Waals surface area contributed by atoms with Crippen LogP contribution in [0, 0.1) is 23.0 Å². The summed E-state index contributed by atoms with van der Waals surface area (Å²) in [7, 11) is 0. The van der Waals surface area contributed by atoms with Gasteiger partial charge in [-0.15, -0.1) is 0 Å². The Morgan fingerprint density at radius 2 is 2.04 bits per heavy atom. The van der Waals surface area contributed by atoms with Crippen molar-refractivity contribution in [1.82, 2.24) is 9.88 Å². The zero-order valence-corrected chi connectivity index (χ0v) is 14.7. The van der Waals surface area contributed by atoms with Crippen LogP contribution in [-0.2, 0) is 4.79 Å². The number of anilines is 1. The average Bonchev–Trinajstić information content (AvgIpc) is 2.55. The first-order valence-corrected chi connectivity index (χ1v) is 8.43. The van der Waals surface area contributed by atoms with Crippen molar-refractivity contribution >= 4 is 28.2 Å². The van der Waals surface area contributed by atoms with Gasteiger partial charge in [-0.3, -0.25) is 19.9 Å². The number of carbonyl (C=O) groups excluding carboxylic acids is 1.